The molecule has 1 heterocycles. The van der Waals surface area contributed by atoms with Crippen molar-refractivity contribution in [2.45, 2.75) is 6.42 Å². The highest BCUT2D eigenvalue weighted by Gasteiger charge is 2.02. The standard InChI is InChI=1S/C5H5BrN2O2S/c6-5-7-4(3-11-5)1-2-8(9)10/h3H,1-2H2. The summed E-state index contributed by atoms with van der Waals surface area (Å²) in [7, 11) is 0. The summed E-state index contributed by atoms with van der Waals surface area (Å²) >= 11 is 4.62. The lowest BCUT2D eigenvalue weighted by Crippen LogP contribution is -2.03. The lowest BCUT2D eigenvalue weighted by atomic mass is 10.3. The molecule has 0 bridgehead atoms. The molecule has 0 N–H and O–H groups in total. The van der Waals surface area contributed by atoms with Crippen LogP contribution in [-0.2, 0) is 6.42 Å². The minimum atomic E-state index is -0.340. The maximum Gasteiger partial charge on any atom is 0.209 e. The van der Waals surface area contributed by atoms with Crippen LogP contribution >= 0.6 is 27.3 Å². The third-order valence-corrected chi connectivity index (χ3v) is 2.49. The van der Waals surface area contributed by atoms with Gasteiger partial charge in [-0.15, -0.1) is 11.3 Å². The van der Waals surface area contributed by atoms with Crippen LogP contribution in [0.1, 0.15) is 5.69 Å². The SMILES string of the molecule is O=[N+]([O-])CCc1csc(Br)n1. The second kappa shape index (κ2) is 3.77. The lowest BCUT2D eigenvalue weighted by Gasteiger charge is -1.87. The number of rotatable bonds is 3. The zero-order valence-electron chi connectivity index (χ0n) is 5.49. The maximum absolute atomic E-state index is 9.95. The predicted molar refractivity (Wildman–Crippen MR) is 45.4 cm³/mol. The Balaban J connectivity index is 2.45. The van der Waals surface area contributed by atoms with Crippen LogP contribution in [0.2, 0.25) is 0 Å². The summed E-state index contributed by atoms with van der Waals surface area (Å²) in [6.07, 6.45) is 0.412. The summed E-state index contributed by atoms with van der Waals surface area (Å²) in [4.78, 5) is 13.6. The van der Waals surface area contributed by atoms with Crippen molar-refractivity contribution in [2.24, 2.45) is 0 Å². The van der Waals surface area contributed by atoms with Gasteiger partial charge in [0.1, 0.15) is 0 Å². The van der Waals surface area contributed by atoms with Crippen molar-refractivity contribution in [3.63, 3.8) is 0 Å². The summed E-state index contributed by atoms with van der Waals surface area (Å²) in [5, 5.41) is 11.8. The van der Waals surface area contributed by atoms with Gasteiger partial charge in [-0.2, -0.15) is 0 Å². The van der Waals surface area contributed by atoms with Gasteiger partial charge in [0.25, 0.3) is 0 Å². The number of thiazole rings is 1. The molecule has 0 amide bonds. The van der Waals surface area contributed by atoms with E-state index in [2.05, 4.69) is 20.9 Å². The Labute approximate surface area is 75.5 Å². The van der Waals surface area contributed by atoms with E-state index < -0.39 is 0 Å². The monoisotopic (exact) mass is 236 g/mol. The first kappa shape index (κ1) is 8.61. The fraction of sp³-hybridized carbons (Fsp3) is 0.400. The van der Waals surface area contributed by atoms with Crippen LogP contribution in [0.4, 0.5) is 0 Å². The molecule has 0 aromatic carbocycles. The number of halogens is 1. The molecule has 0 saturated heterocycles. The van der Waals surface area contributed by atoms with Crippen LogP contribution in [-0.4, -0.2) is 16.5 Å². The first-order valence-corrected chi connectivity index (χ1v) is 4.57. The minimum Gasteiger partial charge on any atom is -0.265 e. The van der Waals surface area contributed by atoms with E-state index >= 15 is 0 Å². The molecule has 6 heteroatoms. The highest BCUT2D eigenvalue weighted by Crippen LogP contribution is 2.15. The van der Waals surface area contributed by atoms with E-state index in [1.165, 1.54) is 11.3 Å². The van der Waals surface area contributed by atoms with Crippen molar-refractivity contribution in [1.29, 1.82) is 0 Å². The zero-order chi connectivity index (χ0) is 8.27. The normalized spacial score (nSPS) is 9.91. The van der Waals surface area contributed by atoms with Crippen LogP contribution in [0, 0.1) is 10.1 Å². The molecule has 0 saturated carbocycles. The second-order valence-corrected chi connectivity index (χ2v) is 4.03. The van der Waals surface area contributed by atoms with Gasteiger partial charge in [0.05, 0.1) is 12.1 Å². The van der Waals surface area contributed by atoms with Gasteiger partial charge in [0.15, 0.2) is 3.92 Å². The quantitative estimate of drug-likeness (QED) is 0.594. The molecule has 0 aliphatic carbocycles. The van der Waals surface area contributed by atoms with Crippen molar-refractivity contribution in [3.05, 3.63) is 25.1 Å². The Kier molecular flexibility index (Phi) is 2.95. The summed E-state index contributed by atoms with van der Waals surface area (Å²) in [6, 6.07) is 0. The molecule has 11 heavy (non-hydrogen) atoms. The highest BCUT2D eigenvalue weighted by atomic mass is 79.9. The second-order valence-electron chi connectivity index (χ2n) is 1.90. The Morgan fingerprint density at radius 3 is 3.00 bits per heavy atom. The van der Waals surface area contributed by atoms with E-state index in [0.29, 0.717) is 6.42 Å². The molecule has 0 radical (unpaired) electrons. The molecule has 0 unspecified atom stereocenters. The third kappa shape index (κ3) is 2.94. The smallest absolute Gasteiger partial charge is 0.209 e. The minimum absolute atomic E-state index is 0.0455. The largest absolute Gasteiger partial charge is 0.265 e. The van der Waals surface area contributed by atoms with Gasteiger partial charge in [-0.1, -0.05) is 0 Å². The Morgan fingerprint density at radius 2 is 2.55 bits per heavy atom. The van der Waals surface area contributed by atoms with E-state index in [0.717, 1.165) is 9.61 Å². The van der Waals surface area contributed by atoms with Crippen molar-refractivity contribution >= 4 is 27.3 Å². The molecule has 1 aromatic heterocycles. The summed E-state index contributed by atoms with van der Waals surface area (Å²) < 4.78 is 0.774. The maximum atomic E-state index is 9.95. The summed E-state index contributed by atoms with van der Waals surface area (Å²) in [5.74, 6) is 0. The van der Waals surface area contributed by atoms with Crippen LogP contribution in [0.5, 0.6) is 0 Å². The van der Waals surface area contributed by atoms with Crippen molar-refractivity contribution < 1.29 is 4.92 Å². The number of nitro groups is 1. The molecule has 1 aromatic rings. The third-order valence-electron chi connectivity index (χ3n) is 1.07. The van der Waals surface area contributed by atoms with Crippen LogP contribution in [0.15, 0.2) is 9.30 Å². The fourth-order valence-electron chi connectivity index (χ4n) is 0.603. The van der Waals surface area contributed by atoms with Crippen molar-refractivity contribution in [2.75, 3.05) is 6.54 Å². The average molecular weight is 237 g/mol. The summed E-state index contributed by atoms with van der Waals surface area (Å²) in [6.45, 7) is -0.0455. The van der Waals surface area contributed by atoms with Crippen LogP contribution < -0.4 is 0 Å². The van der Waals surface area contributed by atoms with Crippen molar-refractivity contribution in [1.82, 2.24) is 4.98 Å². The Bertz CT molecular complexity index is 263. The average Bonchev–Trinajstić information content (AvgIpc) is 2.31. The molecule has 0 fully saturated rings. The van der Waals surface area contributed by atoms with Gasteiger partial charge in [-0.3, -0.25) is 10.1 Å². The van der Waals surface area contributed by atoms with E-state index in [1.807, 2.05) is 5.38 Å². The number of hydrogen-bond donors (Lipinski definition) is 0. The predicted octanol–water partition coefficient (Wildman–Crippen LogP) is 1.72. The Hall–Kier alpha value is -0.490. The van der Waals surface area contributed by atoms with Gasteiger partial charge in [0, 0.05) is 10.3 Å². The number of aromatic nitrogens is 1. The zero-order valence-corrected chi connectivity index (χ0v) is 7.89. The van der Waals surface area contributed by atoms with Gasteiger partial charge in [0.2, 0.25) is 6.54 Å². The highest BCUT2D eigenvalue weighted by molar-refractivity contribution is 9.11. The molecule has 0 aliphatic heterocycles. The summed E-state index contributed by atoms with van der Waals surface area (Å²) in [5.41, 5.74) is 0.776. The number of hydrogen-bond acceptors (Lipinski definition) is 4. The molecule has 0 atom stereocenters. The molecule has 4 nitrogen and oxygen atoms in total. The first-order valence-electron chi connectivity index (χ1n) is 2.90. The van der Waals surface area contributed by atoms with Crippen LogP contribution in [0.25, 0.3) is 0 Å². The van der Waals surface area contributed by atoms with Gasteiger partial charge in [-0.25, -0.2) is 4.98 Å². The molecule has 1 rings (SSSR count). The fourth-order valence-corrected chi connectivity index (χ4v) is 1.68. The van der Waals surface area contributed by atoms with E-state index in [9.17, 15) is 10.1 Å². The van der Waals surface area contributed by atoms with Gasteiger partial charge < -0.3 is 0 Å². The Morgan fingerprint density at radius 1 is 1.82 bits per heavy atom. The molecular formula is C5H5BrN2O2S. The first-order chi connectivity index (χ1) is 5.18. The molecule has 60 valence electrons. The topological polar surface area (TPSA) is 56.0 Å². The van der Waals surface area contributed by atoms with Crippen LogP contribution in [0.3, 0.4) is 0 Å². The lowest BCUT2D eigenvalue weighted by molar-refractivity contribution is -0.479. The van der Waals surface area contributed by atoms with E-state index in [1.54, 1.807) is 0 Å². The molecule has 0 aliphatic rings. The molecule has 0 spiro atoms. The van der Waals surface area contributed by atoms with Gasteiger partial charge in [-0.05, 0) is 15.9 Å². The molecular weight excluding hydrogens is 232 g/mol. The van der Waals surface area contributed by atoms with Gasteiger partial charge >= 0.3 is 0 Å². The van der Waals surface area contributed by atoms with E-state index in [4.69, 9.17) is 0 Å². The van der Waals surface area contributed by atoms with Crippen molar-refractivity contribution in [3.8, 4) is 0 Å². The number of nitrogens with zero attached hydrogens (tertiary/aromatic N) is 2. The van der Waals surface area contributed by atoms with E-state index in [-0.39, 0.29) is 11.5 Å².